The number of carbonyl (C=O) groups is 2. The van der Waals surface area contributed by atoms with Crippen molar-refractivity contribution in [1.29, 1.82) is 5.26 Å². The third kappa shape index (κ3) is 5.50. The summed E-state index contributed by atoms with van der Waals surface area (Å²) in [5.41, 5.74) is 4.29. The first-order chi connectivity index (χ1) is 15.6. The van der Waals surface area contributed by atoms with E-state index in [1.54, 1.807) is 13.2 Å². The number of nitrogens with zero attached hydrogens (tertiary/aromatic N) is 3. The van der Waals surface area contributed by atoms with Crippen molar-refractivity contribution in [2.45, 2.75) is 37.9 Å². The van der Waals surface area contributed by atoms with Crippen molar-refractivity contribution >= 4 is 17.6 Å². The van der Waals surface area contributed by atoms with Gasteiger partial charge in [-0.25, -0.2) is 4.79 Å². The third-order valence-electron chi connectivity index (χ3n) is 6.52. The number of nitriles is 1. The number of rotatable bonds is 6. The lowest BCUT2D eigenvalue weighted by Gasteiger charge is -2.40. The van der Waals surface area contributed by atoms with Crippen molar-refractivity contribution < 1.29 is 27.5 Å². The molecule has 3 rings (SSSR count). The molecule has 0 aromatic heterocycles. The second-order valence-electron chi connectivity index (χ2n) is 8.65. The number of hydrogen-bond acceptors (Lipinski definition) is 5. The summed E-state index contributed by atoms with van der Waals surface area (Å²) in [7, 11) is 1.57. The molecule has 3 N–H and O–H groups in total. The Balaban J connectivity index is 1.68. The molecule has 1 aromatic carbocycles. The summed E-state index contributed by atoms with van der Waals surface area (Å²) >= 11 is 0. The van der Waals surface area contributed by atoms with Crippen molar-refractivity contribution in [2.75, 3.05) is 44.8 Å². The topological polar surface area (TPSA) is 112 Å². The number of nitrogens with one attached hydrogen (secondary N) is 1. The Labute approximate surface area is 190 Å². The second-order valence-corrected chi connectivity index (χ2v) is 8.65. The standard InChI is InChI=1S/C22H28F3N5O3/c1-33-10-2-7-28-20(32)30-14-21(12-18(30)19(27)31)5-8-29(9-6-21)16-4-3-15(13-26)17(11-16)22(23,24)25/h3-4,11,18H,2,5-10,12,14H2,1H3,(H2,27,31)(H,28,32). The first kappa shape index (κ1) is 24.6. The molecule has 1 aromatic rings. The van der Waals surface area contributed by atoms with Crippen LogP contribution in [-0.4, -0.2) is 62.8 Å². The number of piperidine rings is 1. The van der Waals surface area contributed by atoms with Gasteiger partial charge in [0.1, 0.15) is 6.04 Å². The van der Waals surface area contributed by atoms with Crippen LogP contribution in [0.4, 0.5) is 23.7 Å². The van der Waals surface area contributed by atoms with Crippen LogP contribution in [-0.2, 0) is 15.7 Å². The van der Waals surface area contributed by atoms with Gasteiger partial charge in [-0.1, -0.05) is 0 Å². The van der Waals surface area contributed by atoms with E-state index >= 15 is 0 Å². The van der Waals surface area contributed by atoms with Crippen molar-refractivity contribution in [3.05, 3.63) is 29.3 Å². The largest absolute Gasteiger partial charge is 0.417 e. The Kier molecular flexibility index (Phi) is 7.37. The number of benzene rings is 1. The fourth-order valence-electron chi connectivity index (χ4n) is 4.70. The number of primary amides is 1. The molecule has 2 heterocycles. The molecular formula is C22H28F3N5O3. The van der Waals surface area contributed by atoms with Gasteiger partial charge in [-0.2, -0.15) is 18.4 Å². The highest BCUT2D eigenvalue weighted by molar-refractivity contribution is 5.86. The van der Waals surface area contributed by atoms with E-state index in [0.717, 1.165) is 6.07 Å². The van der Waals surface area contributed by atoms with Crippen LogP contribution in [0.25, 0.3) is 0 Å². The Bertz CT molecular complexity index is 923. The summed E-state index contributed by atoms with van der Waals surface area (Å²) in [6, 6.07) is 4.25. The minimum Gasteiger partial charge on any atom is -0.385 e. The lowest BCUT2D eigenvalue weighted by atomic mass is 9.76. The van der Waals surface area contributed by atoms with Crippen molar-refractivity contribution in [3.63, 3.8) is 0 Å². The Morgan fingerprint density at radius 1 is 1.33 bits per heavy atom. The maximum absolute atomic E-state index is 13.3. The summed E-state index contributed by atoms with van der Waals surface area (Å²) in [5, 5.41) is 11.8. The quantitative estimate of drug-likeness (QED) is 0.625. The minimum atomic E-state index is -4.62. The van der Waals surface area contributed by atoms with Crippen LogP contribution in [0, 0.1) is 16.7 Å². The number of amides is 3. The highest BCUT2D eigenvalue weighted by Crippen LogP contribution is 2.44. The maximum Gasteiger partial charge on any atom is 0.417 e. The molecule has 8 nitrogen and oxygen atoms in total. The van der Waals surface area contributed by atoms with E-state index in [-0.39, 0.29) is 11.4 Å². The molecule has 2 fully saturated rings. The molecule has 11 heteroatoms. The molecule has 0 aliphatic carbocycles. The normalized spacial score (nSPS) is 20.0. The first-order valence-electron chi connectivity index (χ1n) is 10.8. The Hall–Kier alpha value is -3.00. The van der Waals surface area contributed by atoms with Crippen LogP contribution in [0.1, 0.15) is 36.8 Å². The summed E-state index contributed by atoms with van der Waals surface area (Å²) < 4.78 is 44.9. The second kappa shape index (κ2) is 9.87. The van der Waals surface area contributed by atoms with Gasteiger partial charge < -0.3 is 25.6 Å². The highest BCUT2D eigenvalue weighted by Gasteiger charge is 2.49. The highest BCUT2D eigenvalue weighted by atomic mass is 19.4. The zero-order valence-corrected chi connectivity index (χ0v) is 18.5. The van der Waals surface area contributed by atoms with Gasteiger partial charge in [0.25, 0.3) is 0 Å². The molecule has 0 bridgehead atoms. The van der Waals surface area contributed by atoms with Crippen molar-refractivity contribution in [2.24, 2.45) is 11.1 Å². The molecule has 1 spiro atoms. The predicted molar refractivity (Wildman–Crippen MR) is 114 cm³/mol. The van der Waals surface area contributed by atoms with Crippen molar-refractivity contribution in [3.8, 4) is 6.07 Å². The average molecular weight is 467 g/mol. The predicted octanol–water partition coefficient (Wildman–Crippen LogP) is 2.47. The molecule has 0 radical (unpaired) electrons. The van der Waals surface area contributed by atoms with Gasteiger partial charge in [0.15, 0.2) is 0 Å². The smallest absolute Gasteiger partial charge is 0.385 e. The molecule has 33 heavy (non-hydrogen) atoms. The maximum atomic E-state index is 13.3. The van der Waals surface area contributed by atoms with Crippen LogP contribution in [0.5, 0.6) is 0 Å². The lowest BCUT2D eigenvalue weighted by molar-refractivity contribution is -0.137. The van der Waals surface area contributed by atoms with Gasteiger partial charge in [0, 0.05) is 45.6 Å². The molecule has 2 saturated heterocycles. The number of alkyl halides is 3. The average Bonchev–Trinajstić information content (AvgIpc) is 3.16. The molecule has 3 amide bonds. The van der Waals surface area contributed by atoms with E-state index in [1.165, 1.54) is 17.0 Å². The van der Waals surface area contributed by atoms with E-state index in [0.29, 0.717) is 64.2 Å². The number of likely N-dealkylation sites (tertiary alicyclic amines) is 1. The van der Waals surface area contributed by atoms with Gasteiger partial charge in [-0.05, 0) is 49.3 Å². The SMILES string of the molecule is COCCCNC(=O)N1CC2(CCN(c3ccc(C#N)c(C(F)(F)F)c3)CC2)CC1C(N)=O. The van der Waals surface area contributed by atoms with Crippen LogP contribution >= 0.6 is 0 Å². The summed E-state index contributed by atoms with van der Waals surface area (Å²) in [6.07, 6.45) is -2.34. The van der Waals surface area contributed by atoms with Gasteiger partial charge in [0.05, 0.1) is 17.2 Å². The summed E-state index contributed by atoms with van der Waals surface area (Å²) in [6.45, 7) is 2.22. The number of urea groups is 1. The molecule has 0 saturated carbocycles. The molecule has 180 valence electrons. The summed E-state index contributed by atoms with van der Waals surface area (Å²) in [4.78, 5) is 28.0. The van der Waals surface area contributed by atoms with E-state index in [1.807, 2.05) is 4.90 Å². The van der Waals surface area contributed by atoms with Crippen LogP contribution in [0.2, 0.25) is 0 Å². The zero-order chi connectivity index (χ0) is 24.2. The van der Waals surface area contributed by atoms with Gasteiger partial charge in [0.2, 0.25) is 5.91 Å². The van der Waals surface area contributed by atoms with Crippen molar-refractivity contribution in [1.82, 2.24) is 10.2 Å². The molecule has 2 aliphatic heterocycles. The number of hydrogen-bond donors (Lipinski definition) is 2. The number of ether oxygens (including phenoxy) is 1. The van der Waals surface area contributed by atoms with Gasteiger partial charge >= 0.3 is 12.2 Å². The van der Waals surface area contributed by atoms with E-state index in [4.69, 9.17) is 15.7 Å². The molecule has 2 aliphatic rings. The lowest BCUT2D eigenvalue weighted by Crippen LogP contribution is -2.48. The Morgan fingerprint density at radius 3 is 2.61 bits per heavy atom. The number of anilines is 1. The number of carbonyl (C=O) groups excluding carboxylic acids is 2. The molecule has 1 unspecified atom stereocenters. The molecular weight excluding hydrogens is 439 g/mol. The number of halogens is 3. The number of methoxy groups -OCH3 is 1. The summed E-state index contributed by atoms with van der Waals surface area (Å²) in [5.74, 6) is -0.566. The van der Waals surface area contributed by atoms with Crippen LogP contribution in [0.3, 0.4) is 0 Å². The fraction of sp³-hybridized carbons (Fsp3) is 0.591. The zero-order valence-electron chi connectivity index (χ0n) is 18.5. The molecule has 1 atom stereocenters. The fourth-order valence-corrected chi connectivity index (χ4v) is 4.70. The Morgan fingerprint density at radius 2 is 2.03 bits per heavy atom. The minimum absolute atomic E-state index is 0.320. The van der Waals surface area contributed by atoms with E-state index in [9.17, 15) is 22.8 Å². The monoisotopic (exact) mass is 467 g/mol. The van der Waals surface area contributed by atoms with Crippen LogP contribution in [0.15, 0.2) is 18.2 Å². The third-order valence-corrected chi connectivity index (χ3v) is 6.52. The van der Waals surface area contributed by atoms with Crippen LogP contribution < -0.4 is 16.0 Å². The van der Waals surface area contributed by atoms with E-state index in [2.05, 4.69) is 5.32 Å². The first-order valence-corrected chi connectivity index (χ1v) is 10.8. The number of nitrogens with two attached hydrogens (primary N) is 1. The van der Waals surface area contributed by atoms with Gasteiger partial charge in [-0.3, -0.25) is 4.79 Å². The van der Waals surface area contributed by atoms with E-state index < -0.39 is 29.3 Å². The van der Waals surface area contributed by atoms with Gasteiger partial charge in [-0.15, -0.1) is 0 Å².